The number of esters is 1. The molecule has 4 rings (SSSR count). The van der Waals surface area contributed by atoms with Gasteiger partial charge in [0.15, 0.2) is 0 Å². The molecule has 0 N–H and O–H groups in total. The van der Waals surface area contributed by atoms with Gasteiger partial charge in [-0.25, -0.2) is 14.2 Å². The van der Waals surface area contributed by atoms with Gasteiger partial charge < -0.3 is 9.26 Å². The summed E-state index contributed by atoms with van der Waals surface area (Å²) in [5.74, 6) is -0.773. The fraction of sp³-hybridized carbons (Fsp3) is 0.133. The predicted molar refractivity (Wildman–Crippen MR) is 71.1 cm³/mol. The zero-order valence-corrected chi connectivity index (χ0v) is 11.0. The van der Waals surface area contributed by atoms with Gasteiger partial charge in [0, 0.05) is 5.56 Å². The Balaban J connectivity index is 2.14. The van der Waals surface area contributed by atoms with Gasteiger partial charge in [-0.05, 0) is 24.6 Å². The minimum Gasteiger partial charge on any atom is -0.455 e. The van der Waals surface area contributed by atoms with Crippen molar-refractivity contribution in [1.29, 1.82) is 0 Å². The molecular weight excluding hydrogens is 275 g/mol. The van der Waals surface area contributed by atoms with Crippen LogP contribution in [0.2, 0.25) is 0 Å². The quantitative estimate of drug-likeness (QED) is 0.643. The van der Waals surface area contributed by atoms with Gasteiger partial charge in [0.05, 0.1) is 22.3 Å². The van der Waals surface area contributed by atoms with E-state index < -0.39 is 5.97 Å². The maximum absolute atomic E-state index is 13.2. The lowest BCUT2D eigenvalue weighted by atomic mass is 9.96. The standard InChI is InChI=1S/C15H9FN2O3/c1-7-11-12(8-2-4-9(16)5-3-8)13-10(6-20-15(13)19)17-14(11)21-18-7/h2-5H,6H2,1H3. The smallest absolute Gasteiger partial charge is 0.341 e. The molecule has 0 aliphatic carbocycles. The van der Waals surface area contributed by atoms with Crippen LogP contribution in [0.15, 0.2) is 28.8 Å². The highest BCUT2D eigenvalue weighted by Gasteiger charge is 2.31. The number of rotatable bonds is 1. The summed E-state index contributed by atoms with van der Waals surface area (Å²) in [6, 6.07) is 5.92. The first kappa shape index (κ1) is 12.0. The Labute approximate surface area is 118 Å². The molecule has 1 aromatic carbocycles. The van der Waals surface area contributed by atoms with Crippen LogP contribution in [-0.4, -0.2) is 16.1 Å². The number of aryl methyl sites for hydroxylation is 1. The van der Waals surface area contributed by atoms with Gasteiger partial charge >= 0.3 is 5.97 Å². The molecule has 3 aromatic rings. The van der Waals surface area contributed by atoms with Gasteiger partial charge in [-0.1, -0.05) is 17.3 Å². The van der Waals surface area contributed by atoms with Crippen molar-refractivity contribution in [3.05, 3.63) is 47.0 Å². The van der Waals surface area contributed by atoms with Crippen molar-refractivity contribution in [3.8, 4) is 11.1 Å². The molecule has 104 valence electrons. The first-order valence-corrected chi connectivity index (χ1v) is 6.37. The lowest BCUT2D eigenvalue weighted by Gasteiger charge is -2.07. The van der Waals surface area contributed by atoms with Crippen LogP contribution < -0.4 is 0 Å². The number of aromatic nitrogens is 2. The lowest BCUT2D eigenvalue weighted by molar-refractivity contribution is 0.0534. The Morgan fingerprint density at radius 2 is 1.95 bits per heavy atom. The number of nitrogens with zero attached hydrogens (tertiary/aromatic N) is 2. The third kappa shape index (κ3) is 1.65. The van der Waals surface area contributed by atoms with E-state index in [1.54, 1.807) is 19.1 Å². The molecule has 0 amide bonds. The second-order valence-electron chi connectivity index (χ2n) is 4.84. The van der Waals surface area contributed by atoms with Crippen LogP contribution in [0.25, 0.3) is 22.2 Å². The third-order valence-electron chi connectivity index (χ3n) is 3.55. The van der Waals surface area contributed by atoms with E-state index in [0.717, 1.165) is 0 Å². The molecule has 1 aliphatic heterocycles. The van der Waals surface area contributed by atoms with Crippen LogP contribution in [0, 0.1) is 12.7 Å². The number of pyridine rings is 1. The van der Waals surface area contributed by atoms with Crippen LogP contribution in [0.4, 0.5) is 4.39 Å². The molecule has 6 heteroatoms. The van der Waals surface area contributed by atoms with Crippen LogP contribution in [0.5, 0.6) is 0 Å². The van der Waals surface area contributed by atoms with E-state index in [1.807, 2.05) is 0 Å². The molecule has 2 aromatic heterocycles. The Morgan fingerprint density at radius 3 is 2.71 bits per heavy atom. The summed E-state index contributed by atoms with van der Waals surface area (Å²) in [5.41, 5.74) is 3.23. The highest BCUT2D eigenvalue weighted by molar-refractivity contribution is 6.08. The molecule has 5 nitrogen and oxygen atoms in total. The molecule has 0 unspecified atom stereocenters. The van der Waals surface area contributed by atoms with Gasteiger partial charge in [-0.15, -0.1) is 0 Å². The summed E-state index contributed by atoms with van der Waals surface area (Å²) in [7, 11) is 0. The molecule has 0 fully saturated rings. The molecular formula is C15H9FN2O3. The zero-order chi connectivity index (χ0) is 14.6. The van der Waals surface area contributed by atoms with Gasteiger partial charge in [0.1, 0.15) is 12.4 Å². The largest absolute Gasteiger partial charge is 0.455 e. The number of hydrogen-bond donors (Lipinski definition) is 0. The fourth-order valence-corrected chi connectivity index (χ4v) is 2.61. The Bertz CT molecular complexity index is 884. The molecule has 0 bridgehead atoms. The first-order valence-electron chi connectivity index (χ1n) is 6.37. The lowest BCUT2D eigenvalue weighted by Crippen LogP contribution is -2.00. The van der Waals surface area contributed by atoms with Crippen molar-refractivity contribution in [2.75, 3.05) is 0 Å². The first-order chi connectivity index (χ1) is 10.1. The summed E-state index contributed by atoms with van der Waals surface area (Å²) in [6.45, 7) is 1.88. The van der Waals surface area contributed by atoms with Gasteiger partial charge in [-0.2, -0.15) is 0 Å². The van der Waals surface area contributed by atoms with E-state index >= 15 is 0 Å². The number of fused-ring (bicyclic) bond motifs is 2. The molecule has 0 spiro atoms. The number of benzene rings is 1. The van der Waals surface area contributed by atoms with Gasteiger partial charge in [-0.3, -0.25) is 0 Å². The van der Waals surface area contributed by atoms with E-state index in [9.17, 15) is 9.18 Å². The number of carbonyl (C=O) groups is 1. The van der Waals surface area contributed by atoms with E-state index in [4.69, 9.17) is 9.26 Å². The normalized spacial score (nSPS) is 13.5. The number of ether oxygens (including phenoxy) is 1. The van der Waals surface area contributed by atoms with Crippen LogP contribution in [-0.2, 0) is 11.3 Å². The minimum atomic E-state index is -0.431. The maximum atomic E-state index is 13.2. The van der Waals surface area contributed by atoms with Crippen molar-refractivity contribution in [2.24, 2.45) is 0 Å². The van der Waals surface area contributed by atoms with Crippen molar-refractivity contribution >= 4 is 17.1 Å². The van der Waals surface area contributed by atoms with Crippen molar-refractivity contribution in [2.45, 2.75) is 13.5 Å². The van der Waals surface area contributed by atoms with Gasteiger partial charge in [0.2, 0.25) is 0 Å². The van der Waals surface area contributed by atoms with Crippen LogP contribution >= 0.6 is 0 Å². The summed E-state index contributed by atoms with van der Waals surface area (Å²) in [6.07, 6.45) is 0. The van der Waals surface area contributed by atoms with Crippen molar-refractivity contribution in [1.82, 2.24) is 10.1 Å². The number of carbonyl (C=O) groups excluding carboxylic acids is 1. The number of cyclic esters (lactones) is 1. The maximum Gasteiger partial charge on any atom is 0.341 e. The average molecular weight is 284 g/mol. The second-order valence-corrected chi connectivity index (χ2v) is 4.84. The Kier molecular flexibility index (Phi) is 2.35. The number of halogens is 1. The minimum absolute atomic E-state index is 0.109. The highest BCUT2D eigenvalue weighted by Crippen LogP contribution is 2.37. The zero-order valence-electron chi connectivity index (χ0n) is 11.0. The molecule has 1 aliphatic rings. The molecule has 0 saturated heterocycles. The summed E-state index contributed by atoms with van der Waals surface area (Å²) in [5, 5.41) is 4.55. The molecule has 0 saturated carbocycles. The summed E-state index contributed by atoms with van der Waals surface area (Å²) < 4.78 is 23.4. The molecule has 3 heterocycles. The van der Waals surface area contributed by atoms with E-state index in [0.29, 0.717) is 39.2 Å². The fourth-order valence-electron chi connectivity index (χ4n) is 2.61. The number of hydrogen-bond acceptors (Lipinski definition) is 5. The van der Waals surface area contributed by atoms with Crippen molar-refractivity contribution in [3.63, 3.8) is 0 Å². The van der Waals surface area contributed by atoms with Crippen LogP contribution in [0.3, 0.4) is 0 Å². The average Bonchev–Trinajstić information content (AvgIpc) is 3.03. The highest BCUT2D eigenvalue weighted by atomic mass is 19.1. The molecule has 0 atom stereocenters. The third-order valence-corrected chi connectivity index (χ3v) is 3.55. The summed E-state index contributed by atoms with van der Waals surface area (Å²) >= 11 is 0. The molecule has 21 heavy (non-hydrogen) atoms. The predicted octanol–water partition coefficient (Wildman–Crippen LogP) is 3.01. The Morgan fingerprint density at radius 1 is 1.19 bits per heavy atom. The van der Waals surface area contributed by atoms with Crippen molar-refractivity contribution < 1.29 is 18.4 Å². The SMILES string of the molecule is Cc1noc2nc3c(c(-c4ccc(F)cc4)c12)C(=O)OC3. The second kappa shape index (κ2) is 4.12. The van der Waals surface area contributed by atoms with E-state index in [1.165, 1.54) is 12.1 Å². The van der Waals surface area contributed by atoms with E-state index in [-0.39, 0.29) is 12.4 Å². The summed E-state index contributed by atoms with van der Waals surface area (Å²) in [4.78, 5) is 16.3. The van der Waals surface area contributed by atoms with Crippen LogP contribution in [0.1, 0.15) is 21.7 Å². The van der Waals surface area contributed by atoms with Gasteiger partial charge in [0.25, 0.3) is 5.71 Å². The Hall–Kier alpha value is -2.76. The monoisotopic (exact) mass is 284 g/mol. The molecule has 0 radical (unpaired) electrons. The topological polar surface area (TPSA) is 65.2 Å². The van der Waals surface area contributed by atoms with E-state index in [2.05, 4.69) is 10.1 Å².